The maximum atomic E-state index is 13.0. The summed E-state index contributed by atoms with van der Waals surface area (Å²) in [4.78, 5) is 36.8. The molecule has 3 rings (SSSR count). The van der Waals surface area contributed by atoms with Crippen molar-refractivity contribution in [1.82, 2.24) is 9.78 Å². The molecule has 0 saturated carbocycles. The second kappa shape index (κ2) is 8.04. The molecule has 0 saturated heterocycles. The number of anilines is 1. The number of amides is 1. The molecule has 28 heavy (non-hydrogen) atoms. The van der Waals surface area contributed by atoms with Gasteiger partial charge in [-0.3, -0.25) is 9.59 Å². The number of aromatic carboxylic acids is 1. The van der Waals surface area contributed by atoms with Crippen molar-refractivity contribution in [2.24, 2.45) is 0 Å². The second-order valence-corrected chi connectivity index (χ2v) is 6.57. The van der Waals surface area contributed by atoms with Gasteiger partial charge in [0.25, 0.3) is 11.5 Å². The van der Waals surface area contributed by atoms with Crippen molar-refractivity contribution in [1.29, 1.82) is 0 Å². The number of unbranched alkanes of at least 4 members (excludes halogenated alkanes) is 1. The van der Waals surface area contributed by atoms with Gasteiger partial charge in [0, 0.05) is 17.6 Å². The molecule has 0 aliphatic carbocycles. The fraction of sp³-hybridized carbons (Fsp3) is 0.238. The quantitative estimate of drug-likeness (QED) is 0.683. The maximum Gasteiger partial charge on any atom is 0.335 e. The summed E-state index contributed by atoms with van der Waals surface area (Å²) in [5.74, 6) is -1.57. The van der Waals surface area contributed by atoms with Gasteiger partial charge < -0.3 is 10.4 Å². The summed E-state index contributed by atoms with van der Waals surface area (Å²) in [7, 11) is 0. The van der Waals surface area contributed by atoms with Gasteiger partial charge in [0.2, 0.25) is 0 Å². The van der Waals surface area contributed by atoms with Crippen molar-refractivity contribution in [2.45, 2.75) is 33.2 Å². The molecule has 3 aromatic rings. The first kappa shape index (κ1) is 19.3. The number of aryl methyl sites for hydroxylation is 2. The summed E-state index contributed by atoms with van der Waals surface area (Å²) in [5, 5.41) is 17.1. The summed E-state index contributed by atoms with van der Waals surface area (Å²) in [5.41, 5.74) is 1.09. The van der Waals surface area contributed by atoms with Gasteiger partial charge >= 0.3 is 5.97 Å². The number of hydrogen-bond acceptors (Lipinski definition) is 4. The van der Waals surface area contributed by atoms with E-state index in [9.17, 15) is 19.5 Å². The predicted octanol–water partition coefficient (Wildman–Crippen LogP) is 3.46. The average molecular weight is 379 g/mol. The third-order valence-corrected chi connectivity index (χ3v) is 4.54. The molecular weight excluding hydrogens is 358 g/mol. The molecule has 0 aliphatic rings. The number of fused-ring (bicyclic) bond motifs is 1. The van der Waals surface area contributed by atoms with Crippen molar-refractivity contribution in [3.8, 4) is 0 Å². The molecule has 7 heteroatoms. The summed E-state index contributed by atoms with van der Waals surface area (Å²) >= 11 is 0. The van der Waals surface area contributed by atoms with Crippen molar-refractivity contribution in [2.75, 3.05) is 5.32 Å². The van der Waals surface area contributed by atoms with E-state index in [1.807, 2.05) is 6.92 Å². The van der Waals surface area contributed by atoms with Gasteiger partial charge in [0.15, 0.2) is 5.69 Å². The van der Waals surface area contributed by atoms with Crippen LogP contribution in [0.4, 0.5) is 5.69 Å². The summed E-state index contributed by atoms with van der Waals surface area (Å²) in [6.07, 6.45) is 1.66. The normalized spacial score (nSPS) is 10.8. The van der Waals surface area contributed by atoms with Crippen molar-refractivity contribution in [3.05, 3.63) is 69.6 Å². The van der Waals surface area contributed by atoms with Crippen LogP contribution in [0.1, 0.15) is 46.2 Å². The van der Waals surface area contributed by atoms with E-state index in [1.54, 1.807) is 37.3 Å². The average Bonchev–Trinajstić information content (AvgIpc) is 2.69. The Morgan fingerprint density at radius 3 is 2.54 bits per heavy atom. The van der Waals surface area contributed by atoms with Crippen LogP contribution < -0.4 is 10.9 Å². The maximum absolute atomic E-state index is 13.0. The molecule has 0 radical (unpaired) electrons. The molecule has 2 aromatic carbocycles. The van der Waals surface area contributed by atoms with Gasteiger partial charge in [0.05, 0.1) is 10.9 Å². The van der Waals surface area contributed by atoms with Crippen LogP contribution in [0.15, 0.2) is 47.3 Å². The van der Waals surface area contributed by atoms with Crippen LogP contribution in [0.3, 0.4) is 0 Å². The van der Waals surface area contributed by atoms with E-state index in [0.29, 0.717) is 23.0 Å². The van der Waals surface area contributed by atoms with Crippen LogP contribution >= 0.6 is 0 Å². The Morgan fingerprint density at radius 2 is 1.86 bits per heavy atom. The molecule has 1 aromatic heterocycles. The van der Waals surface area contributed by atoms with Crippen LogP contribution in [-0.2, 0) is 6.54 Å². The number of hydrogen-bond donors (Lipinski definition) is 2. The number of aromatic nitrogens is 2. The minimum absolute atomic E-state index is 0.0756. The minimum atomic E-state index is -1.08. The van der Waals surface area contributed by atoms with Crippen LogP contribution in [0.5, 0.6) is 0 Å². The lowest BCUT2D eigenvalue weighted by Crippen LogP contribution is -2.28. The molecule has 1 amide bonds. The van der Waals surface area contributed by atoms with Crippen LogP contribution in [0.25, 0.3) is 10.8 Å². The highest BCUT2D eigenvalue weighted by atomic mass is 16.4. The third kappa shape index (κ3) is 3.78. The fourth-order valence-electron chi connectivity index (χ4n) is 2.93. The lowest BCUT2D eigenvalue weighted by molar-refractivity contribution is 0.0696. The molecular formula is C21H21N3O4. The summed E-state index contributed by atoms with van der Waals surface area (Å²) in [6, 6.07) is 11.4. The number of nitrogens with zero attached hydrogens (tertiary/aromatic N) is 2. The Bertz CT molecular complexity index is 1120. The molecule has 0 fully saturated rings. The number of carboxylic acid groups (broad SMARTS) is 1. The Kier molecular flexibility index (Phi) is 5.54. The van der Waals surface area contributed by atoms with Gasteiger partial charge in [0.1, 0.15) is 0 Å². The van der Waals surface area contributed by atoms with Gasteiger partial charge in [-0.05, 0) is 37.1 Å². The Labute approximate surface area is 161 Å². The molecule has 1 heterocycles. The lowest BCUT2D eigenvalue weighted by atomic mass is 10.1. The van der Waals surface area contributed by atoms with E-state index in [2.05, 4.69) is 10.4 Å². The van der Waals surface area contributed by atoms with Gasteiger partial charge in [-0.25, -0.2) is 9.48 Å². The van der Waals surface area contributed by atoms with E-state index in [1.165, 1.54) is 16.8 Å². The highest BCUT2D eigenvalue weighted by molar-refractivity contribution is 6.11. The van der Waals surface area contributed by atoms with Gasteiger partial charge in [-0.15, -0.1) is 0 Å². The van der Waals surface area contributed by atoms with Crippen LogP contribution in [-0.4, -0.2) is 26.8 Å². The Balaban J connectivity index is 2.06. The van der Waals surface area contributed by atoms with E-state index in [-0.39, 0.29) is 16.8 Å². The SMILES string of the molecule is CCCCn1nc(C(=O)Nc2cc(C(=O)O)ccc2C)c2ccccc2c1=O. The second-order valence-electron chi connectivity index (χ2n) is 6.57. The van der Waals surface area contributed by atoms with Gasteiger partial charge in [-0.2, -0.15) is 5.10 Å². The highest BCUT2D eigenvalue weighted by Crippen LogP contribution is 2.20. The number of nitrogens with one attached hydrogen (secondary N) is 1. The van der Waals surface area contributed by atoms with Crippen molar-refractivity contribution < 1.29 is 14.7 Å². The van der Waals surface area contributed by atoms with E-state index < -0.39 is 11.9 Å². The third-order valence-electron chi connectivity index (χ3n) is 4.54. The molecule has 7 nitrogen and oxygen atoms in total. The monoisotopic (exact) mass is 379 g/mol. The first-order valence-corrected chi connectivity index (χ1v) is 9.07. The number of rotatable bonds is 6. The smallest absolute Gasteiger partial charge is 0.335 e. The zero-order valence-corrected chi connectivity index (χ0v) is 15.7. The first-order chi connectivity index (χ1) is 13.4. The molecule has 144 valence electrons. The van der Waals surface area contributed by atoms with Crippen LogP contribution in [0, 0.1) is 6.92 Å². The molecule has 0 atom stereocenters. The Hall–Kier alpha value is -3.48. The molecule has 0 unspecified atom stereocenters. The molecule has 0 spiro atoms. The zero-order valence-electron chi connectivity index (χ0n) is 15.7. The molecule has 0 bridgehead atoms. The first-order valence-electron chi connectivity index (χ1n) is 9.07. The standard InChI is InChI=1S/C21H21N3O4/c1-3-4-11-24-20(26)16-8-6-5-7-15(16)18(23-24)19(25)22-17-12-14(21(27)28)10-9-13(17)2/h5-10,12H,3-4,11H2,1-2H3,(H,22,25)(H,27,28). The van der Waals surface area contributed by atoms with Crippen molar-refractivity contribution >= 4 is 28.3 Å². The van der Waals surface area contributed by atoms with E-state index in [0.717, 1.165) is 18.4 Å². The number of carbonyl (C=O) groups is 2. The lowest BCUT2D eigenvalue weighted by Gasteiger charge is -2.12. The summed E-state index contributed by atoms with van der Waals surface area (Å²) in [6.45, 7) is 4.21. The highest BCUT2D eigenvalue weighted by Gasteiger charge is 2.18. The van der Waals surface area contributed by atoms with Crippen molar-refractivity contribution in [3.63, 3.8) is 0 Å². The zero-order chi connectivity index (χ0) is 20.3. The topological polar surface area (TPSA) is 101 Å². The fourth-order valence-corrected chi connectivity index (χ4v) is 2.93. The number of carbonyl (C=O) groups excluding carboxylic acids is 1. The number of carboxylic acids is 1. The minimum Gasteiger partial charge on any atom is -0.478 e. The number of benzene rings is 2. The molecule has 0 aliphatic heterocycles. The van der Waals surface area contributed by atoms with E-state index >= 15 is 0 Å². The summed E-state index contributed by atoms with van der Waals surface area (Å²) < 4.78 is 1.32. The van der Waals surface area contributed by atoms with Gasteiger partial charge in [-0.1, -0.05) is 37.6 Å². The van der Waals surface area contributed by atoms with E-state index in [4.69, 9.17) is 0 Å². The molecule has 2 N–H and O–H groups in total. The Morgan fingerprint density at radius 1 is 1.14 bits per heavy atom. The van der Waals surface area contributed by atoms with Crippen LogP contribution in [0.2, 0.25) is 0 Å². The largest absolute Gasteiger partial charge is 0.478 e. The predicted molar refractivity (Wildman–Crippen MR) is 107 cm³/mol.